The summed E-state index contributed by atoms with van der Waals surface area (Å²) in [6.07, 6.45) is 5.58. The number of nitrogens with zero attached hydrogens (tertiary/aromatic N) is 4. The van der Waals surface area contributed by atoms with Crippen molar-refractivity contribution in [1.82, 2.24) is 19.8 Å². The van der Waals surface area contributed by atoms with Gasteiger partial charge in [-0.1, -0.05) is 6.92 Å². The number of carbonyl (C=O) groups is 2. The van der Waals surface area contributed by atoms with Gasteiger partial charge < -0.3 is 14.5 Å². The third-order valence-electron chi connectivity index (χ3n) is 7.24. The van der Waals surface area contributed by atoms with E-state index in [0.29, 0.717) is 44.5 Å². The fraction of sp³-hybridized carbons (Fsp3) is 0.565. The van der Waals surface area contributed by atoms with Crippen LogP contribution in [0.3, 0.4) is 0 Å². The third kappa shape index (κ3) is 3.34. The van der Waals surface area contributed by atoms with E-state index < -0.39 is 28.9 Å². The summed E-state index contributed by atoms with van der Waals surface area (Å²) >= 11 is 0. The van der Waals surface area contributed by atoms with Gasteiger partial charge in [0.1, 0.15) is 17.9 Å². The van der Waals surface area contributed by atoms with Crippen molar-refractivity contribution in [2.45, 2.75) is 63.8 Å². The van der Waals surface area contributed by atoms with Gasteiger partial charge in [-0.2, -0.15) is 0 Å². The highest BCUT2D eigenvalue weighted by Crippen LogP contribution is 2.50. The first-order chi connectivity index (χ1) is 15.2. The Morgan fingerprint density at radius 1 is 1.25 bits per heavy atom. The number of likely N-dealkylation sites (tertiary alicyclic amines) is 1. The van der Waals surface area contributed by atoms with Crippen molar-refractivity contribution < 1.29 is 23.1 Å². The number of piperidine rings is 1. The smallest absolute Gasteiger partial charge is 0.291 e. The second kappa shape index (κ2) is 7.43. The number of aromatic nitrogens is 2. The maximum absolute atomic E-state index is 14.1. The molecular formula is C23H26F2N4O3. The SMILES string of the molecule is Cc1ccnc(C(=O)N2CCC3(CC2)O[C@@H]2CC[C@@H](C4(C)C=C(F)C=C(F)C4)N2C3=O)n1. The minimum atomic E-state index is -0.991. The number of hydrogen-bond acceptors (Lipinski definition) is 5. The minimum absolute atomic E-state index is 0.0629. The van der Waals surface area contributed by atoms with E-state index in [1.165, 1.54) is 6.08 Å². The second-order valence-corrected chi connectivity index (χ2v) is 9.49. The van der Waals surface area contributed by atoms with Crippen molar-refractivity contribution in [3.05, 3.63) is 47.6 Å². The number of carbonyl (C=O) groups excluding carboxylic acids is 2. The van der Waals surface area contributed by atoms with Gasteiger partial charge in [-0.25, -0.2) is 18.7 Å². The van der Waals surface area contributed by atoms with Gasteiger partial charge in [-0.3, -0.25) is 9.59 Å². The standard InChI is InChI=1S/C23H26F2N4O3/c1-14-5-8-26-19(27-14)20(30)28-9-6-23(7-10-28)21(31)29-17(3-4-18(29)32-23)22(2)12-15(24)11-16(25)13-22/h5,8,11-12,17-18H,3-4,6-7,9-10,13H2,1-2H3/t17-,18+,22?/m0/s1. The molecule has 1 unspecified atom stereocenters. The molecule has 1 aromatic rings. The Morgan fingerprint density at radius 3 is 2.69 bits per heavy atom. The highest BCUT2D eigenvalue weighted by Gasteiger charge is 2.60. The zero-order valence-electron chi connectivity index (χ0n) is 18.2. The molecular weight excluding hydrogens is 418 g/mol. The van der Waals surface area contributed by atoms with Crippen LogP contribution in [0.1, 0.15) is 55.3 Å². The maximum atomic E-state index is 14.1. The first-order valence-corrected chi connectivity index (χ1v) is 11.0. The molecule has 3 saturated heterocycles. The minimum Gasteiger partial charge on any atom is -0.342 e. The van der Waals surface area contributed by atoms with Gasteiger partial charge in [-0.15, -0.1) is 0 Å². The quantitative estimate of drug-likeness (QED) is 0.700. The average Bonchev–Trinajstić information content (AvgIpc) is 3.26. The van der Waals surface area contributed by atoms with Gasteiger partial charge in [0, 0.05) is 61.8 Å². The highest BCUT2D eigenvalue weighted by molar-refractivity contribution is 5.92. The van der Waals surface area contributed by atoms with Crippen LogP contribution in [0.5, 0.6) is 0 Å². The lowest BCUT2D eigenvalue weighted by molar-refractivity contribution is -0.143. The van der Waals surface area contributed by atoms with Gasteiger partial charge in [0.15, 0.2) is 5.60 Å². The molecule has 0 saturated carbocycles. The van der Waals surface area contributed by atoms with Crippen LogP contribution in [-0.4, -0.2) is 62.5 Å². The molecule has 0 N–H and O–H groups in total. The summed E-state index contributed by atoms with van der Waals surface area (Å²) in [5, 5.41) is 0. The molecule has 3 atom stereocenters. The van der Waals surface area contributed by atoms with Crippen LogP contribution in [0.4, 0.5) is 8.78 Å². The molecule has 3 fully saturated rings. The Balaban J connectivity index is 1.31. The van der Waals surface area contributed by atoms with Crippen molar-refractivity contribution >= 4 is 11.8 Å². The van der Waals surface area contributed by atoms with E-state index >= 15 is 0 Å². The van der Waals surface area contributed by atoms with Crippen molar-refractivity contribution in [1.29, 1.82) is 0 Å². The topological polar surface area (TPSA) is 75.6 Å². The number of ether oxygens (including phenoxy) is 1. The zero-order chi connectivity index (χ0) is 22.7. The molecule has 170 valence electrons. The molecule has 0 radical (unpaired) electrons. The van der Waals surface area contributed by atoms with E-state index in [0.717, 1.165) is 6.08 Å². The lowest BCUT2D eigenvalue weighted by Crippen LogP contribution is -2.54. The number of amides is 2. The van der Waals surface area contributed by atoms with E-state index in [1.54, 1.807) is 35.9 Å². The summed E-state index contributed by atoms with van der Waals surface area (Å²) in [5.74, 6) is -1.36. The molecule has 9 heteroatoms. The first kappa shape index (κ1) is 21.2. The Hall–Kier alpha value is -2.68. The molecule has 1 spiro atoms. The summed E-state index contributed by atoms with van der Waals surface area (Å²) < 4.78 is 34.4. The summed E-state index contributed by atoms with van der Waals surface area (Å²) in [6.45, 7) is 4.31. The predicted octanol–water partition coefficient (Wildman–Crippen LogP) is 3.22. The summed E-state index contributed by atoms with van der Waals surface area (Å²) in [4.78, 5) is 38.0. The van der Waals surface area contributed by atoms with E-state index in [1.807, 2.05) is 0 Å². The normalized spacial score (nSPS) is 31.6. The highest BCUT2D eigenvalue weighted by atomic mass is 19.1. The molecule has 3 aliphatic heterocycles. The molecule has 7 nitrogen and oxygen atoms in total. The first-order valence-electron chi connectivity index (χ1n) is 11.0. The van der Waals surface area contributed by atoms with Gasteiger partial charge in [0.25, 0.3) is 11.8 Å². The number of halogens is 2. The van der Waals surface area contributed by atoms with Gasteiger partial charge in [0.2, 0.25) is 5.82 Å². The average molecular weight is 444 g/mol. The van der Waals surface area contributed by atoms with Crippen LogP contribution >= 0.6 is 0 Å². The monoisotopic (exact) mass is 444 g/mol. The molecule has 0 aromatic carbocycles. The fourth-order valence-electron chi connectivity index (χ4n) is 5.64. The zero-order valence-corrected chi connectivity index (χ0v) is 18.2. The van der Waals surface area contributed by atoms with Crippen LogP contribution in [-0.2, 0) is 9.53 Å². The third-order valence-corrected chi connectivity index (χ3v) is 7.24. The van der Waals surface area contributed by atoms with Crippen LogP contribution in [0.25, 0.3) is 0 Å². The molecule has 1 aromatic heterocycles. The van der Waals surface area contributed by atoms with E-state index in [4.69, 9.17) is 4.74 Å². The summed E-state index contributed by atoms with van der Waals surface area (Å²) in [5.41, 5.74) is -1.10. The molecule has 4 aliphatic rings. The van der Waals surface area contributed by atoms with Crippen LogP contribution in [0.15, 0.2) is 36.1 Å². The second-order valence-electron chi connectivity index (χ2n) is 9.49. The van der Waals surface area contributed by atoms with Crippen LogP contribution in [0.2, 0.25) is 0 Å². The van der Waals surface area contributed by atoms with Crippen LogP contribution < -0.4 is 0 Å². The Kier molecular flexibility index (Phi) is 4.92. The molecule has 0 bridgehead atoms. The molecule has 4 heterocycles. The van der Waals surface area contributed by atoms with E-state index in [2.05, 4.69) is 9.97 Å². The fourth-order valence-corrected chi connectivity index (χ4v) is 5.64. The molecule has 1 aliphatic carbocycles. The Bertz CT molecular complexity index is 1030. The maximum Gasteiger partial charge on any atom is 0.291 e. The number of rotatable bonds is 2. The molecule has 5 rings (SSSR count). The molecule has 2 amide bonds. The van der Waals surface area contributed by atoms with E-state index in [-0.39, 0.29) is 30.1 Å². The number of allylic oxidation sites excluding steroid dienone is 3. The Labute approximate surface area is 185 Å². The Morgan fingerprint density at radius 2 is 2.00 bits per heavy atom. The summed E-state index contributed by atoms with van der Waals surface area (Å²) in [6, 6.07) is 1.40. The van der Waals surface area contributed by atoms with Crippen LogP contribution in [0, 0.1) is 12.3 Å². The summed E-state index contributed by atoms with van der Waals surface area (Å²) in [7, 11) is 0. The number of aryl methyl sites for hydroxylation is 1. The van der Waals surface area contributed by atoms with E-state index in [9.17, 15) is 18.4 Å². The van der Waals surface area contributed by atoms with Gasteiger partial charge in [-0.05, 0) is 31.9 Å². The predicted molar refractivity (Wildman–Crippen MR) is 110 cm³/mol. The van der Waals surface area contributed by atoms with Crippen molar-refractivity contribution in [3.8, 4) is 0 Å². The largest absolute Gasteiger partial charge is 0.342 e. The van der Waals surface area contributed by atoms with Gasteiger partial charge in [0.05, 0.1) is 0 Å². The lowest BCUT2D eigenvalue weighted by Gasteiger charge is -2.40. The van der Waals surface area contributed by atoms with Gasteiger partial charge >= 0.3 is 0 Å². The van der Waals surface area contributed by atoms with Crippen molar-refractivity contribution in [3.63, 3.8) is 0 Å². The van der Waals surface area contributed by atoms with Crippen molar-refractivity contribution in [2.75, 3.05) is 13.1 Å². The number of fused-ring (bicyclic) bond motifs is 1. The number of hydrogen-bond donors (Lipinski definition) is 0. The molecule has 32 heavy (non-hydrogen) atoms. The lowest BCUT2D eigenvalue weighted by atomic mass is 9.74. The van der Waals surface area contributed by atoms with Crippen molar-refractivity contribution in [2.24, 2.45) is 5.41 Å².